The third kappa shape index (κ3) is 3.70. The highest BCUT2D eigenvalue weighted by Crippen LogP contribution is 2.36. The third-order valence-electron chi connectivity index (χ3n) is 3.12. The predicted molar refractivity (Wildman–Crippen MR) is 76.3 cm³/mol. The van der Waals surface area contributed by atoms with Gasteiger partial charge in [-0.25, -0.2) is 0 Å². The second-order valence-corrected chi connectivity index (χ2v) is 5.18. The van der Waals surface area contributed by atoms with Crippen molar-refractivity contribution < 1.29 is 17.9 Å². The lowest BCUT2D eigenvalue weighted by atomic mass is 10.1. The van der Waals surface area contributed by atoms with Crippen molar-refractivity contribution in [3.8, 4) is 5.75 Å². The molecule has 1 atom stereocenters. The van der Waals surface area contributed by atoms with E-state index in [2.05, 4.69) is 0 Å². The summed E-state index contributed by atoms with van der Waals surface area (Å²) in [6, 6.07) is 13.7. The molecule has 2 aromatic carbocycles. The van der Waals surface area contributed by atoms with E-state index in [1.807, 2.05) is 37.3 Å². The highest BCUT2D eigenvalue weighted by molar-refractivity contribution is 6.23. The van der Waals surface area contributed by atoms with Gasteiger partial charge >= 0.3 is 6.18 Å². The van der Waals surface area contributed by atoms with E-state index < -0.39 is 16.8 Å². The molecule has 0 saturated heterocycles. The molecule has 0 aromatic heterocycles. The van der Waals surface area contributed by atoms with E-state index in [4.69, 9.17) is 16.3 Å². The van der Waals surface area contributed by atoms with Gasteiger partial charge < -0.3 is 4.74 Å². The Hall–Kier alpha value is -1.68. The van der Waals surface area contributed by atoms with Gasteiger partial charge in [-0.05, 0) is 24.3 Å². The van der Waals surface area contributed by atoms with Crippen LogP contribution in [0.3, 0.4) is 0 Å². The van der Waals surface area contributed by atoms with Crippen molar-refractivity contribution in [1.82, 2.24) is 0 Å². The molecule has 5 heteroatoms. The summed E-state index contributed by atoms with van der Waals surface area (Å²) in [5.74, 6) is 0.295. The van der Waals surface area contributed by atoms with Gasteiger partial charge in [-0.15, -0.1) is 0 Å². The molecule has 1 unspecified atom stereocenters. The number of alkyl halides is 4. The highest BCUT2D eigenvalue weighted by Gasteiger charge is 2.32. The van der Waals surface area contributed by atoms with Gasteiger partial charge in [0.05, 0.1) is 5.56 Å². The van der Waals surface area contributed by atoms with Crippen LogP contribution in [0.1, 0.15) is 24.5 Å². The van der Waals surface area contributed by atoms with E-state index in [0.717, 1.165) is 17.7 Å². The highest BCUT2D eigenvalue weighted by atomic mass is 35.5. The Labute approximate surface area is 126 Å². The zero-order valence-electron chi connectivity index (χ0n) is 11.3. The fraction of sp³-hybridized carbons (Fsp3) is 0.250. The van der Waals surface area contributed by atoms with Crippen molar-refractivity contribution in [2.45, 2.75) is 24.6 Å². The lowest BCUT2D eigenvalue weighted by Gasteiger charge is -2.27. The first-order valence-corrected chi connectivity index (χ1v) is 6.83. The van der Waals surface area contributed by atoms with Gasteiger partial charge in [0.25, 0.3) is 0 Å². The normalized spacial score (nSPS) is 14.5. The minimum Gasteiger partial charge on any atom is -0.468 e. The zero-order chi connectivity index (χ0) is 15.5. The van der Waals surface area contributed by atoms with E-state index in [1.165, 1.54) is 12.1 Å². The average Bonchev–Trinajstić information content (AvgIpc) is 2.47. The molecule has 21 heavy (non-hydrogen) atoms. The smallest absolute Gasteiger partial charge is 0.416 e. The summed E-state index contributed by atoms with van der Waals surface area (Å²) in [6.45, 7) is 1.85. The number of benzene rings is 2. The fourth-order valence-corrected chi connectivity index (χ4v) is 2.14. The topological polar surface area (TPSA) is 9.23 Å². The molecule has 1 nitrogen and oxygen atoms in total. The standard InChI is InChI=1S/C16H14ClF3O/c1-2-15(17,12-6-4-3-5-7-12)21-14-10-8-13(9-11-14)16(18,19)20/h3-11H,2H2,1H3. The van der Waals surface area contributed by atoms with E-state index in [-0.39, 0.29) is 0 Å². The molecular weight excluding hydrogens is 301 g/mol. The van der Waals surface area contributed by atoms with Gasteiger partial charge in [-0.1, -0.05) is 48.9 Å². The van der Waals surface area contributed by atoms with Crippen LogP contribution in [0.25, 0.3) is 0 Å². The van der Waals surface area contributed by atoms with Crippen LogP contribution in [0, 0.1) is 0 Å². The van der Waals surface area contributed by atoms with E-state index >= 15 is 0 Å². The average molecular weight is 315 g/mol. The second-order valence-electron chi connectivity index (χ2n) is 4.57. The van der Waals surface area contributed by atoms with Crippen molar-refractivity contribution in [3.05, 3.63) is 65.7 Å². The Morgan fingerprint density at radius 1 is 0.905 bits per heavy atom. The van der Waals surface area contributed by atoms with Crippen LogP contribution in [0.5, 0.6) is 5.75 Å². The van der Waals surface area contributed by atoms with Gasteiger partial charge in [-0.3, -0.25) is 0 Å². The van der Waals surface area contributed by atoms with Crippen LogP contribution in [-0.4, -0.2) is 0 Å². The summed E-state index contributed by atoms with van der Waals surface area (Å²) < 4.78 is 43.3. The Balaban J connectivity index is 2.23. The van der Waals surface area contributed by atoms with Crippen LogP contribution < -0.4 is 4.74 Å². The van der Waals surface area contributed by atoms with Crippen molar-refractivity contribution in [2.75, 3.05) is 0 Å². The van der Waals surface area contributed by atoms with E-state index in [1.54, 1.807) is 0 Å². The number of ether oxygens (including phenoxy) is 1. The summed E-state index contributed by atoms with van der Waals surface area (Å²) >= 11 is 6.47. The van der Waals surface area contributed by atoms with E-state index in [0.29, 0.717) is 12.2 Å². The summed E-state index contributed by atoms with van der Waals surface area (Å²) in [5, 5.41) is -1.10. The zero-order valence-corrected chi connectivity index (χ0v) is 12.1. The lowest BCUT2D eigenvalue weighted by molar-refractivity contribution is -0.137. The van der Waals surface area contributed by atoms with Crippen molar-refractivity contribution in [2.24, 2.45) is 0 Å². The SMILES string of the molecule is CCC(Cl)(Oc1ccc(C(F)(F)F)cc1)c1ccccc1. The molecule has 0 aliphatic rings. The van der Waals surface area contributed by atoms with Gasteiger partial charge in [0.15, 0.2) is 0 Å². The first-order valence-electron chi connectivity index (χ1n) is 6.46. The van der Waals surface area contributed by atoms with Gasteiger partial charge in [-0.2, -0.15) is 13.2 Å². The van der Waals surface area contributed by atoms with Crippen LogP contribution in [-0.2, 0) is 11.2 Å². The van der Waals surface area contributed by atoms with Crippen LogP contribution >= 0.6 is 11.6 Å². The van der Waals surface area contributed by atoms with Gasteiger partial charge in [0, 0.05) is 12.0 Å². The molecular formula is C16H14ClF3O. The molecule has 0 fully saturated rings. The third-order valence-corrected chi connectivity index (χ3v) is 3.68. The summed E-state index contributed by atoms with van der Waals surface area (Å²) in [6.07, 6.45) is -3.89. The maximum Gasteiger partial charge on any atom is 0.416 e. The van der Waals surface area contributed by atoms with Crippen molar-refractivity contribution in [3.63, 3.8) is 0 Å². The monoisotopic (exact) mass is 314 g/mol. The van der Waals surface area contributed by atoms with Gasteiger partial charge in [0.2, 0.25) is 5.06 Å². The number of halogens is 4. The second kappa shape index (κ2) is 5.98. The van der Waals surface area contributed by atoms with Crippen LogP contribution in [0.4, 0.5) is 13.2 Å². The lowest BCUT2D eigenvalue weighted by Crippen LogP contribution is -2.25. The molecule has 0 spiro atoms. The van der Waals surface area contributed by atoms with Gasteiger partial charge in [0.1, 0.15) is 5.75 Å². The molecule has 112 valence electrons. The molecule has 2 aromatic rings. The Morgan fingerprint density at radius 2 is 1.48 bits per heavy atom. The Morgan fingerprint density at radius 3 is 1.95 bits per heavy atom. The maximum absolute atomic E-state index is 12.5. The molecule has 0 aliphatic heterocycles. The fourth-order valence-electron chi connectivity index (χ4n) is 1.92. The minimum atomic E-state index is -4.36. The first kappa shape index (κ1) is 15.7. The molecule has 0 saturated carbocycles. The molecule has 0 N–H and O–H groups in total. The number of hydrogen-bond acceptors (Lipinski definition) is 1. The molecule has 0 radical (unpaired) electrons. The quantitative estimate of drug-likeness (QED) is 0.669. The molecule has 0 heterocycles. The molecule has 0 bridgehead atoms. The summed E-state index contributed by atoms with van der Waals surface area (Å²) in [7, 11) is 0. The van der Waals surface area contributed by atoms with Crippen molar-refractivity contribution >= 4 is 11.6 Å². The largest absolute Gasteiger partial charge is 0.468 e. The summed E-state index contributed by atoms with van der Waals surface area (Å²) in [4.78, 5) is 0. The molecule has 2 rings (SSSR count). The van der Waals surface area contributed by atoms with E-state index in [9.17, 15) is 13.2 Å². The Bertz CT molecular complexity index is 581. The van der Waals surface area contributed by atoms with Crippen molar-refractivity contribution in [1.29, 1.82) is 0 Å². The molecule has 0 amide bonds. The Kier molecular flexibility index (Phi) is 4.47. The summed E-state index contributed by atoms with van der Waals surface area (Å²) in [5.41, 5.74) is 0.0419. The predicted octanol–water partition coefficient (Wildman–Crippen LogP) is 5.59. The molecule has 0 aliphatic carbocycles. The maximum atomic E-state index is 12.5. The minimum absolute atomic E-state index is 0.295. The first-order chi connectivity index (χ1) is 9.85. The van der Waals surface area contributed by atoms with Crippen LogP contribution in [0.2, 0.25) is 0 Å². The number of hydrogen-bond donors (Lipinski definition) is 0. The van der Waals surface area contributed by atoms with Crippen LogP contribution in [0.15, 0.2) is 54.6 Å². The number of rotatable bonds is 4.